The summed E-state index contributed by atoms with van der Waals surface area (Å²) in [6.07, 6.45) is 0. The molecule has 2 aromatic rings. The zero-order valence-electron chi connectivity index (χ0n) is 12.5. The van der Waals surface area contributed by atoms with Gasteiger partial charge in [-0.1, -0.05) is 43.3 Å². The van der Waals surface area contributed by atoms with Crippen LogP contribution in [0.4, 0.5) is 0 Å². The highest BCUT2D eigenvalue weighted by atomic mass is 32.1. The highest BCUT2D eigenvalue weighted by Gasteiger charge is 2.18. The molecule has 0 aliphatic rings. The van der Waals surface area contributed by atoms with E-state index in [1.54, 1.807) is 0 Å². The fourth-order valence-corrected chi connectivity index (χ4v) is 3.55. The van der Waals surface area contributed by atoms with Crippen LogP contribution in [0.2, 0.25) is 0 Å². The van der Waals surface area contributed by atoms with Crippen LogP contribution in [0.3, 0.4) is 0 Å². The Morgan fingerprint density at radius 3 is 2.50 bits per heavy atom. The summed E-state index contributed by atoms with van der Waals surface area (Å²) in [5, 5.41) is 5.60. The second-order valence-electron chi connectivity index (χ2n) is 5.43. The lowest BCUT2D eigenvalue weighted by molar-refractivity contribution is 0.247. The van der Waals surface area contributed by atoms with Crippen molar-refractivity contribution in [1.82, 2.24) is 10.2 Å². The Hall–Kier alpha value is -1.16. The van der Waals surface area contributed by atoms with Gasteiger partial charge in [-0.25, -0.2) is 0 Å². The van der Waals surface area contributed by atoms with Crippen molar-refractivity contribution in [2.45, 2.75) is 19.5 Å². The Morgan fingerprint density at radius 1 is 1.15 bits per heavy atom. The van der Waals surface area contributed by atoms with Gasteiger partial charge in [-0.3, -0.25) is 0 Å². The lowest BCUT2D eigenvalue weighted by atomic mass is 9.94. The van der Waals surface area contributed by atoms with E-state index in [-0.39, 0.29) is 0 Å². The van der Waals surface area contributed by atoms with Crippen molar-refractivity contribution in [3.05, 3.63) is 58.3 Å². The van der Waals surface area contributed by atoms with E-state index in [4.69, 9.17) is 0 Å². The van der Waals surface area contributed by atoms with E-state index in [9.17, 15) is 0 Å². The molecule has 0 aliphatic heterocycles. The van der Waals surface area contributed by atoms with Gasteiger partial charge >= 0.3 is 0 Å². The smallest absolute Gasteiger partial charge is 0.0355 e. The minimum absolute atomic E-state index is 0.405. The van der Waals surface area contributed by atoms with Crippen molar-refractivity contribution in [1.29, 1.82) is 0 Å². The number of rotatable bonds is 7. The zero-order valence-corrected chi connectivity index (χ0v) is 13.4. The third-order valence-corrected chi connectivity index (χ3v) is 4.51. The van der Waals surface area contributed by atoms with E-state index in [0.29, 0.717) is 12.0 Å². The first-order chi connectivity index (χ1) is 9.70. The molecule has 0 fully saturated rings. The molecule has 0 saturated carbocycles. The molecule has 2 rings (SSSR count). The van der Waals surface area contributed by atoms with Crippen LogP contribution >= 0.6 is 11.3 Å². The molecular weight excluding hydrogens is 264 g/mol. The lowest BCUT2D eigenvalue weighted by Crippen LogP contribution is -2.32. The van der Waals surface area contributed by atoms with Gasteiger partial charge in [-0.2, -0.15) is 0 Å². The van der Waals surface area contributed by atoms with E-state index in [0.717, 1.165) is 13.1 Å². The molecule has 0 radical (unpaired) electrons. The fourth-order valence-electron chi connectivity index (χ4n) is 2.77. The first-order valence-electron chi connectivity index (χ1n) is 7.14. The predicted molar refractivity (Wildman–Crippen MR) is 88.1 cm³/mol. The largest absolute Gasteiger partial charge is 0.313 e. The highest BCUT2D eigenvalue weighted by molar-refractivity contribution is 7.09. The molecule has 2 atom stereocenters. The van der Waals surface area contributed by atoms with Gasteiger partial charge in [-0.15, -0.1) is 11.3 Å². The van der Waals surface area contributed by atoms with E-state index in [2.05, 4.69) is 72.0 Å². The predicted octanol–water partition coefficient (Wildman–Crippen LogP) is 3.78. The number of hydrogen-bond acceptors (Lipinski definition) is 3. The maximum Gasteiger partial charge on any atom is 0.0355 e. The van der Waals surface area contributed by atoms with Gasteiger partial charge in [0.1, 0.15) is 0 Å². The van der Waals surface area contributed by atoms with E-state index in [1.807, 2.05) is 18.4 Å². The van der Waals surface area contributed by atoms with Gasteiger partial charge in [0.05, 0.1) is 0 Å². The van der Waals surface area contributed by atoms with Crippen LogP contribution in [0.15, 0.2) is 47.8 Å². The van der Waals surface area contributed by atoms with Gasteiger partial charge < -0.3 is 10.2 Å². The first kappa shape index (κ1) is 15.2. The monoisotopic (exact) mass is 288 g/mol. The summed E-state index contributed by atoms with van der Waals surface area (Å²) in [7, 11) is 4.25. The SMILES string of the molecule is CNC(c1ccccc1)C(C)CN(C)Cc1cccs1. The van der Waals surface area contributed by atoms with E-state index in [1.165, 1.54) is 10.4 Å². The van der Waals surface area contributed by atoms with Crippen molar-refractivity contribution < 1.29 is 0 Å². The van der Waals surface area contributed by atoms with Gasteiger partial charge in [0.25, 0.3) is 0 Å². The lowest BCUT2D eigenvalue weighted by Gasteiger charge is -2.28. The minimum atomic E-state index is 0.405. The molecule has 0 spiro atoms. The van der Waals surface area contributed by atoms with Crippen molar-refractivity contribution in [2.75, 3.05) is 20.6 Å². The van der Waals surface area contributed by atoms with Crippen molar-refractivity contribution in [2.24, 2.45) is 5.92 Å². The molecule has 20 heavy (non-hydrogen) atoms. The molecule has 1 heterocycles. The van der Waals surface area contributed by atoms with Crippen LogP contribution in [0.1, 0.15) is 23.4 Å². The van der Waals surface area contributed by atoms with Gasteiger partial charge in [0.15, 0.2) is 0 Å². The zero-order chi connectivity index (χ0) is 14.4. The third kappa shape index (κ3) is 4.17. The summed E-state index contributed by atoms with van der Waals surface area (Å²) in [5.74, 6) is 0.562. The third-order valence-electron chi connectivity index (χ3n) is 3.64. The maximum absolute atomic E-state index is 3.46. The first-order valence-corrected chi connectivity index (χ1v) is 8.02. The van der Waals surface area contributed by atoms with Gasteiger partial charge in [-0.05, 0) is 37.0 Å². The summed E-state index contributed by atoms with van der Waals surface area (Å²) in [6, 6.07) is 15.4. The summed E-state index contributed by atoms with van der Waals surface area (Å²) >= 11 is 1.83. The normalized spacial score (nSPS) is 14.4. The molecule has 108 valence electrons. The minimum Gasteiger partial charge on any atom is -0.313 e. The molecule has 0 bridgehead atoms. The van der Waals surface area contributed by atoms with Gasteiger partial charge in [0, 0.05) is 24.0 Å². The molecule has 2 nitrogen and oxygen atoms in total. The van der Waals surface area contributed by atoms with Crippen molar-refractivity contribution in [3.8, 4) is 0 Å². The van der Waals surface area contributed by atoms with E-state index >= 15 is 0 Å². The van der Waals surface area contributed by atoms with Crippen LogP contribution in [0.25, 0.3) is 0 Å². The van der Waals surface area contributed by atoms with Crippen molar-refractivity contribution >= 4 is 11.3 Å². The average molecular weight is 288 g/mol. The number of hydrogen-bond donors (Lipinski definition) is 1. The molecule has 0 saturated heterocycles. The highest BCUT2D eigenvalue weighted by Crippen LogP contribution is 2.22. The van der Waals surface area contributed by atoms with Crippen LogP contribution in [0, 0.1) is 5.92 Å². The summed E-state index contributed by atoms with van der Waals surface area (Å²) in [6.45, 7) is 4.44. The second kappa shape index (κ2) is 7.58. The Labute approximate surface area is 126 Å². The molecule has 0 aliphatic carbocycles. The fraction of sp³-hybridized carbons (Fsp3) is 0.412. The number of nitrogens with one attached hydrogen (secondary N) is 1. The molecular formula is C17H24N2S. The molecule has 0 amide bonds. The number of nitrogens with zero attached hydrogens (tertiary/aromatic N) is 1. The Kier molecular flexibility index (Phi) is 5.77. The number of thiophene rings is 1. The molecule has 2 unspecified atom stereocenters. The maximum atomic E-state index is 3.46. The quantitative estimate of drug-likeness (QED) is 0.834. The van der Waals surface area contributed by atoms with Crippen LogP contribution in [-0.2, 0) is 6.54 Å². The molecule has 1 aromatic heterocycles. The topological polar surface area (TPSA) is 15.3 Å². The summed E-state index contributed by atoms with van der Waals surface area (Å²) in [4.78, 5) is 3.84. The standard InChI is InChI=1S/C17H24N2S/c1-14(12-19(3)13-16-10-7-11-20-16)17(18-2)15-8-5-4-6-9-15/h4-11,14,17-18H,12-13H2,1-3H3. The Bertz CT molecular complexity index is 481. The Morgan fingerprint density at radius 2 is 1.90 bits per heavy atom. The van der Waals surface area contributed by atoms with Crippen LogP contribution < -0.4 is 5.32 Å². The van der Waals surface area contributed by atoms with Crippen LogP contribution in [-0.4, -0.2) is 25.5 Å². The molecule has 1 aromatic carbocycles. The number of benzene rings is 1. The molecule has 3 heteroatoms. The van der Waals surface area contributed by atoms with E-state index < -0.39 is 0 Å². The second-order valence-corrected chi connectivity index (χ2v) is 6.46. The van der Waals surface area contributed by atoms with Crippen LogP contribution in [0.5, 0.6) is 0 Å². The average Bonchev–Trinajstić information content (AvgIpc) is 2.93. The molecule has 1 N–H and O–H groups in total. The Balaban J connectivity index is 1.93. The summed E-state index contributed by atoms with van der Waals surface area (Å²) < 4.78 is 0. The summed E-state index contributed by atoms with van der Waals surface area (Å²) in [5.41, 5.74) is 1.37. The van der Waals surface area contributed by atoms with Crippen molar-refractivity contribution in [3.63, 3.8) is 0 Å². The van der Waals surface area contributed by atoms with Gasteiger partial charge in [0.2, 0.25) is 0 Å².